The number of hydrogen-bond acceptors (Lipinski definition) is 6. The molecule has 0 atom stereocenters. The number of sulfonamides is 1. The van der Waals surface area contributed by atoms with Crippen LogP contribution in [-0.4, -0.2) is 43.6 Å². The van der Waals surface area contributed by atoms with Crippen LogP contribution >= 0.6 is 0 Å². The van der Waals surface area contributed by atoms with Gasteiger partial charge in [-0.1, -0.05) is 24.3 Å². The topological polar surface area (TPSA) is 80.1 Å². The van der Waals surface area contributed by atoms with Gasteiger partial charge in [-0.2, -0.15) is 0 Å². The highest BCUT2D eigenvalue weighted by molar-refractivity contribution is 7.88. The molecule has 2 aliphatic rings. The van der Waals surface area contributed by atoms with Crippen molar-refractivity contribution in [3.05, 3.63) is 63.7 Å². The lowest BCUT2D eigenvalue weighted by Crippen LogP contribution is -2.38. The van der Waals surface area contributed by atoms with Crippen LogP contribution < -0.4 is 10.2 Å². The van der Waals surface area contributed by atoms with Crippen molar-refractivity contribution < 1.29 is 17.6 Å². The van der Waals surface area contributed by atoms with Gasteiger partial charge in [0.15, 0.2) is 0 Å². The van der Waals surface area contributed by atoms with Crippen molar-refractivity contribution in [1.29, 1.82) is 0 Å². The van der Waals surface area contributed by atoms with E-state index in [1.54, 1.807) is 0 Å². The number of piperidine rings is 1. The predicted octanol–water partition coefficient (Wildman–Crippen LogP) is 2.60. The second kappa shape index (κ2) is 8.91. The Morgan fingerprint density at radius 3 is 2.40 bits per heavy atom. The number of fused-ring (bicyclic) bond motifs is 1. The van der Waals surface area contributed by atoms with Crippen LogP contribution in [0.3, 0.4) is 0 Å². The minimum Gasteiger partial charge on any atom is -0.487 e. The molecule has 1 saturated heterocycles. The van der Waals surface area contributed by atoms with E-state index in [2.05, 4.69) is 17.0 Å². The molecule has 1 aromatic heterocycles. The Hall–Kier alpha value is -2.16. The molecule has 2 aromatic rings. The summed E-state index contributed by atoms with van der Waals surface area (Å²) in [5.41, 5.74) is 2.48. The third-order valence-electron chi connectivity index (χ3n) is 5.96. The molecule has 0 radical (unpaired) electrons. The second-order valence-corrected chi connectivity index (χ2v) is 10.2. The van der Waals surface area contributed by atoms with Gasteiger partial charge in [-0.25, -0.2) is 12.7 Å². The summed E-state index contributed by atoms with van der Waals surface area (Å²) >= 11 is 0. The lowest BCUT2D eigenvalue weighted by molar-refractivity contribution is 0.213. The molecule has 8 heteroatoms. The molecule has 3 heterocycles. The molecule has 2 aliphatic heterocycles. The fourth-order valence-corrected chi connectivity index (χ4v) is 5.10. The predicted molar refractivity (Wildman–Crippen MR) is 114 cm³/mol. The van der Waals surface area contributed by atoms with Gasteiger partial charge in [0.05, 0.1) is 19.4 Å². The lowest BCUT2D eigenvalue weighted by Gasteiger charge is -2.30. The molecule has 1 fully saturated rings. The average Bonchev–Trinajstić information content (AvgIpc) is 3.11. The summed E-state index contributed by atoms with van der Waals surface area (Å²) in [6, 6.07) is 9.87. The highest BCUT2D eigenvalue weighted by Crippen LogP contribution is 2.24. The summed E-state index contributed by atoms with van der Waals surface area (Å²) in [7, 11) is -3.10. The van der Waals surface area contributed by atoms with Gasteiger partial charge in [0.2, 0.25) is 21.2 Å². The number of hydrogen-bond donors (Lipinski definition) is 0. The number of benzene rings is 1. The molecule has 0 N–H and O–H groups in total. The van der Waals surface area contributed by atoms with E-state index in [0.717, 1.165) is 32.4 Å². The monoisotopic (exact) mass is 432 g/mol. The van der Waals surface area contributed by atoms with Crippen molar-refractivity contribution in [2.45, 2.75) is 38.9 Å². The standard InChI is InChI=1S/C22H28N2O5S/c1-30(26,27)24-9-6-17(7-10-24)8-11-28-22-16-29-20(12-21(22)25)15-23-13-18-4-2-3-5-19(18)14-23/h2-5,12,16-17H,6-11,13-15H2,1H3. The fourth-order valence-electron chi connectivity index (χ4n) is 4.23. The van der Waals surface area contributed by atoms with Crippen molar-refractivity contribution in [1.82, 2.24) is 9.21 Å². The first-order chi connectivity index (χ1) is 14.4. The van der Waals surface area contributed by atoms with Crippen molar-refractivity contribution >= 4 is 10.0 Å². The van der Waals surface area contributed by atoms with Crippen molar-refractivity contribution in [3.63, 3.8) is 0 Å². The Kier molecular flexibility index (Phi) is 6.26. The highest BCUT2D eigenvalue weighted by Gasteiger charge is 2.25. The van der Waals surface area contributed by atoms with Crippen LogP contribution in [0.15, 0.2) is 45.8 Å². The SMILES string of the molecule is CS(=O)(=O)N1CCC(CCOc2coc(CN3Cc4ccccc4C3)cc2=O)CC1. The van der Waals surface area contributed by atoms with E-state index in [4.69, 9.17) is 9.15 Å². The van der Waals surface area contributed by atoms with E-state index in [9.17, 15) is 13.2 Å². The smallest absolute Gasteiger partial charge is 0.227 e. The number of nitrogens with zero attached hydrogens (tertiary/aromatic N) is 2. The van der Waals surface area contributed by atoms with E-state index >= 15 is 0 Å². The second-order valence-electron chi connectivity index (χ2n) is 8.23. The number of ether oxygens (including phenoxy) is 1. The van der Waals surface area contributed by atoms with Gasteiger partial charge in [0.25, 0.3) is 0 Å². The quantitative estimate of drug-likeness (QED) is 0.669. The summed E-state index contributed by atoms with van der Waals surface area (Å²) in [6.45, 7) is 3.84. The van der Waals surface area contributed by atoms with Gasteiger partial charge in [0.1, 0.15) is 12.0 Å². The van der Waals surface area contributed by atoms with Gasteiger partial charge in [-0.05, 0) is 36.3 Å². The minimum absolute atomic E-state index is 0.167. The van der Waals surface area contributed by atoms with Crippen LogP contribution in [0.5, 0.6) is 5.75 Å². The lowest BCUT2D eigenvalue weighted by atomic mass is 9.95. The van der Waals surface area contributed by atoms with Crippen LogP contribution in [0.1, 0.15) is 36.1 Å². The minimum atomic E-state index is -3.10. The first-order valence-electron chi connectivity index (χ1n) is 10.4. The summed E-state index contributed by atoms with van der Waals surface area (Å²) in [5.74, 6) is 1.27. The average molecular weight is 433 g/mol. The molecule has 0 saturated carbocycles. The molecular formula is C22H28N2O5S. The van der Waals surface area contributed by atoms with Crippen LogP contribution in [0.25, 0.3) is 0 Å². The van der Waals surface area contributed by atoms with E-state index < -0.39 is 10.0 Å². The first-order valence-corrected chi connectivity index (χ1v) is 12.2. The molecule has 0 unspecified atom stereocenters. The molecule has 7 nitrogen and oxygen atoms in total. The van der Waals surface area contributed by atoms with E-state index in [1.165, 1.54) is 34.0 Å². The Morgan fingerprint density at radius 1 is 1.13 bits per heavy atom. The van der Waals surface area contributed by atoms with Crippen LogP contribution in [0, 0.1) is 5.92 Å². The molecule has 0 spiro atoms. The zero-order valence-corrected chi connectivity index (χ0v) is 18.1. The van der Waals surface area contributed by atoms with Crippen molar-refractivity contribution in [2.75, 3.05) is 26.0 Å². The van der Waals surface area contributed by atoms with Gasteiger partial charge in [-0.15, -0.1) is 0 Å². The molecule has 4 rings (SSSR count). The maximum Gasteiger partial charge on any atom is 0.227 e. The van der Waals surface area contributed by atoms with Crippen LogP contribution in [0.2, 0.25) is 0 Å². The summed E-state index contributed by atoms with van der Waals surface area (Å²) in [5, 5.41) is 0. The highest BCUT2D eigenvalue weighted by atomic mass is 32.2. The molecule has 0 aliphatic carbocycles. The normalized spacial score (nSPS) is 18.4. The molecular weight excluding hydrogens is 404 g/mol. The summed E-state index contributed by atoms with van der Waals surface area (Å²) in [4.78, 5) is 14.6. The first kappa shape index (κ1) is 21.1. The van der Waals surface area contributed by atoms with Gasteiger partial charge in [0, 0.05) is 32.2 Å². The summed E-state index contributed by atoms with van der Waals surface area (Å²) in [6.07, 6.45) is 5.10. The van der Waals surface area contributed by atoms with Gasteiger partial charge < -0.3 is 9.15 Å². The summed E-state index contributed by atoms with van der Waals surface area (Å²) < 4.78 is 36.0. The van der Waals surface area contributed by atoms with E-state index in [0.29, 0.717) is 37.9 Å². The Morgan fingerprint density at radius 2 is 1.80 bits per heavy atom. The maximum absolute atomic E-state index is 12.4. The van der Waals surface area contributed by atoms with E-state index in [1.807, 2.05) is 12.1 Å². The van der Waals surface area contributed by atoms with Gasteiger partial charge in [-0.3, -0.25) is 9.69 Å². The third-order valence-corrected chi connectivity index (χ3v) is 7.27. The molecule has 30 heavy (non-hydrogen) atoms. The van der Waals surface area contributed by atoms with Gasteiger partial charge >= 0.3 is 0 Å². The van der Waals surface area contributed by atoms with Crippen LogP contribution in [-0.2, 0) is 29.7 Å². The Labute approximate surface area is 177 Å². The van der Waals surface area contributed by atoms with E-state index in [-0.39, 0.29) is 11.2 Å². The molecule has 162 valence electrons. The zero-order valence-electron chi connectivity index (χ0n) is 17.2. The third kappa shape index (κ3) is 5.11. The Bertz CT molecular complexity index is 1020. The largest absolute Gasteiger partial charge is 0.487 e. The molecule has 0 amide bonds. The zero-order chi connectivity index (χ0) is 21.1. The van der Waals surface area contributed by atoms with Crippen molar-refractivity contribution in [3.8, 4) is 5.75 Å². The fraction of sp³-hybridized carbons (Fsp3) is 0.500. The Balaban J connectivity index is 1.24. The molecule has 0 bridgehead atoms. The molecule has 1 aromatic carbocycles. The number of rotatable bonds is 7. The van der Waals surface area contributed by atoms with Crippen molar-refractivity contribution in [2.24, 2.45) is 5.92 Å². The van der Waals surface area contributed by atoms with Crippen LogP contribution in [0.4, 0.5) is 0 Å². The maximum atomic E-state index is 12.4.